The molecule has 0 spiro atoms. The number of rotatable bonds is 13. The summed E-state index contributed by atoms with van der Waals surface area (Å²) in [7, 11) is 1.66. The minimum Gasteiger partial charge on any atom is -0.497 e. The predicted octanol–water partition coefficient (Wildman–Crippen LogP) is 6.25. The molecule has 35 heavy (non-hydrogen) atoms. The smallest absolute Gasteiger partial charge is 0.251 e. The molecule has 1 N–H and O–H groups in total. The molecule has 0 aliphatic carbocycles. The van der Waals surface area contributed by atoms with Crippen molar-refractivity contribution >= 4 is 32.4 Å². The van der Waals surface area contributed by atoms with Crippen molar-refractivity contribution in [3.63, 3.8) is 0 Å². The summed E-state index contributed by atoms with van der Waals surface area (Å²) in [4.78, 5) is 21.1. The van der Waals surface area contributed by atoms with Gasteiger partial charge in [0.2, 0.25) is 0 Å². The normalized spacial score (nSPS) is 11.5. The summed E-state index contributed by atoms with van der Waals surface area (Å²) in [5, 5.41) is 3.11. The monoisotopic (exact) mass is 492 g/mol. The van der Waals surface area contributed by atoms with Crippen molar-refractivity contribution in [3.05, 3.63) is 54.2 Å². The Morgan fingerprint density at radius 2 is 1.74 bits per heavy atom. The van der Waals surface area contributed by atoms with E-state index in [1.807, 2.05) is 48.7 Å². The van der Waals surface area contributed by atoms with E-state index in [4.69, 9.17) is 9.72 Å². The number of unbranched alkanes of at least 4 members (excludes halogenated alkanes) is 2. The average molecular weight is 493 g/mol. The molecule has 0 fully saturated rings. The lowest BCUT2D eigenvalue weighted by Gasteiger charge is -2.21. The first-order chi connectivity index (χ1) is 17.1. The summed E-state index contributed by atoms with van der Waals surface area (Å²) in [5.41, 5.74) is 3.64. The first-order valence-corrected chi connectivity index (χ1v) is 13.5. The topological polar surface area (TPSA) is 58.9 Å². The summed E-state index contributed by atoms with van der Waals surface area (Å²) < 4.78 is 8.45. The Kier molecular flexibility index (Phi) is 8.77. The molecule has 186 valence electrons. The summed E-state index contributed by atoms with van der Waals surface area (Å²) in [6.07, 6.45) is 7.92. The predicted molar refractivity (Wildman–Crippen MR) is 146 cm³/mol. The number of ether oxygens (including phenoxy) is 1. The van der Waals surface area contributed by atoms with Gasteiger partial charge in [-0.2, -0.15) is 0 Å². The number of carbonyl (C=O) groups is 1. The van der Waals surface area contributed by atoms with Gasteiger partial charge in [-0.25, -0.2) is 4.98 Å². The molecular formula is C28H36N4O2S. The molecule has 4 aromatic rings. The molecule has 1 amide bonds. The van der Waals surface area contributed by atoms with Crippen LogP contribution >= 0.6 is 11.3 Å². The Bertz CT molecular complexity index is 1240. The van der Waals surface area contributed by atoms with E-state index in [0.717, 1.165) is 58.2 Å². The maximum absolute atomic E-state index is 12.9. The number of carbonyl (C=O) groups excluding carboxylic acids is 1. The maximum atomic E-state index is 12.9. The van der Waals surface area contributed by atoms with E-state index >= 15 is 0 Å². The fourth-order valence-corrected chi connectivity index (χ4v) is 5.23. The molecule has 0 saturated carbocycles. The zero-order valence-corrected chi connectivity index (χ0v) is 21.9. The van der Waals surface area contributed by atoms with Crippen molar-refractivity contribution in [1.82, 2.24) is 19.6 Å². The first-order valence-electron chi connectivity index (χ1n) is 12.7. The third-order valence-corrected chi connectivity index (χ3v) is 7.37. The molecular weight excluding hydrogens is 456 g/mol. The second-order valence-electron chi connectivity index (χ2n) is 8.95. The lowest BCUT2D eigenvalue weighted by molar-refractivity contribution is 0.0951. The minimum absolute atomic E-state index is 0.0181. The average Bonchev–Trinajstić information content (AvgIpc) is 3.45. The summed E-state index contributed by atoms with van der Waals surface area (Å²) in [6.45, 7) is 8.50. The first kappa shape index (κ1) is 25.2. The van der Waals surface area contributed by atoms with Gasteiger partial charge in [-0.05, 0) is 81.4 Å². The van der Waals surface area contributed by atoms with Crippen LogP contribution in [0.1, 0.15) is 56.3 Å². The van der Waals surface area contributed by atoms with Crippen LogP contribution in [-0.4, -0.2) is 53.5 Å². The molecule has 0 aliphatic heterocycles. The summed E-state index contributed by atoms with van der Waals surface area (Å²) in [5.74, 6) is 0.806. The molecule has 0 unspecified atom stereocenters. The Labute approximate surface area is 211 Å². The van der Waals surface area contributed by atoms with Crippen molar-refractivity contribution in [1.29, 1.82) is 0 Å². The highest BCUT2D eigenvalue weighted by molar-refractivity contribution is 7.23. The molecule has 0 atom stereocenters. The van der Waals surface area contributed by atoms with E-state index in [1.165, 1.54) is 25.7 Å². The van der Waals surface area contributed by atoms with Crippen molar-refractivity contribution in [2.45, 2.75) is 46.0 Å². The van der Waals surface area contributed by atoms with Gasteiger partial charge >= 0.3 is 0 Å². The number of fused-ring (bicyclic) bond motifs is 3. The summed E-state index contributed by atoms with van der Waals surface area (Å²) >= 11 is 1.63. The van der Waals surface area contributed by atoms with E-state index in [1.54, 1.807) is 18.4 Å². The van der Waals surface area contributed by atoms with Crippen LogP contribution in [0.5, 0.6) is 5.75 Å². The number of hydrogen-bond acceptors (Lipinski definition) is 5. The third-order valence-electron chi connectivity index (χ3n) is 6.33. The van der Waals surface area contributed by atoms with Crippen molar-refractivity contribution < 1.29 is 9.53 Å². The van der Waals surface area contributed by atoms with Crippen molar-refractivity contribution in [2.75, 3.05) is 33.3 Å². The molecule has 0 saturated heterocycles. The number of nitrogens with zero attached hydrogens (tertiary/aromatic N) is 3. The van der Waals surface area contributed by atoms with Crippen molar-refractivity contribution in [3.8, 4) is 17.0 Å². The van der Waals surface area contributed by atoms with Gasteiger partial charge in [0.25, 0.3) is 5.91 Å². The Balaban J connectivity index is 1.40. The van der Waals surface area contributed by atoms with Gasteiger partial charge < -0.3 is 15.0 Å². The van der Waals surface area contributed by atoms with Crippen LogP contribution in [0.25, 0.3) is 26.4 Å². The number of thiazole rings is 1. The van der Waals surface area contributed by atoms with Crippen LogP contribution in [-0.2, 0) is 0 Å². The van der Waals surface area contributed by atoms with E-state index in [2.05, 4.69) is 28.5 Å². The third kappa shape index (κ3) is 6.21. The van der Waals surface area contributed by atoms with Crippen LogP contribution in [0.2, 0.25) is 0 Å². The number of nitrogens with one attached hydrogen (secondary N) is 1. The van der Waals surface area contributed by atoms with E-state index in [9.17, 15) is 4.79 Å². The molecule has 0 radical (unpaired) electrons. The van der Waals surface area contributed by atoms with Crippen LogP contribution in [0.4, 0.5) is 0 Å². The zero-order valence-electron chi connectivity index (χ0n) is 21.0. The van der Waals surface area contributed by atoms with E-state index in [-0.39, 0.29) is 5.91 Å². The van der Waals surface area contributed by atoms with Crippen LogP contribution in [0.15, 0.2) is 48.7 Å². The van der Waals surface area contributed by atoms with E-state index < -0.39 is 0 Å². The highest BCUT2D eigenvalue weighted by Crippen LogP contribution is 2.30. The van der Waals surface area contributed by atoms with Gasteiger partial charge in [0, 0.05) is 23.9 Å². The minimum atomic E-state index is -0.0181. The molecule has 2 aromatic carbocycles. The van der Waals surface area contributed by atoms with Gasteiger partial charge in [0.15, 0.2) is 4.96 Å². The summed E-state index contributed by atoms with van der Waals surface area (Å²) in [6, 6.07) is 13.8. The largest absolute Gasteiger partial charge is 0.497 e. The fourth-order valence-electron chi connectivity index (χ4n) is 4.25. The van der Waals surface area contributed by atoms with Crippen LogP contribution in [0, 0.1) is 0 Å². The number of hydrogen-bond donors (Lipinski definition) is 1. The SMILES string of the molecule is CCCCN(CCCC)CCCNC(=O)c1ccc2sc3nc(-c4ccc(OC)cc4)cn3c2c1. The lowest BCUT2D eigenvalue weighted by atomic mass is 10.1. The molecule has 7 heteroatoms. The van der Waals surface area contributed by atoms with Gasteiger partial charge in [-0.3, -0.25) is 9.20 Å². The highest BCUT2D eigenvalue weighted by Gasteiger charge is 2.13. The Hall–Kier alpha value is -2.90. The van der Waals surface area contributed by atoms with Gasteiger partial charge in [-0.15, -0.1) is 0 Å². The molecule has 0 bridgehead atoms. The Morgan fingerprint density at radius 1 is 1.03 bits per heavy atom. The van der Waals surface area contributed by atoms with Crippen LogP contribution < -0.4 is 10.1 Å². The Morgan fingerprint density at radius 3 is 2.43 bits per heavy atom. The molecule has 4 rings (SSSR count). The van der Waals surface area contributed by atoms with Gasteiger partial charge in [-0.1, -0.05) is 38.0 Å². The van der Waals surface area contributed by atoms with E-state index in [0.29, 0.717) is 12.1 Å². The molecule has 6 nitrogen and oxygen atoms in total. The number of amides is 1. The second-order valence-corrected chi connectivity index (χ2v) is 9.96. The maximum Gasteiger partial charge on any atom is 0.251 e. The quantitative estimate of drug-likeness (QED) is 0.224. The second kappa shape index (κ2) is 12.2. The molecule has 2 heterocycles. The zero-order chi connectivity index (χ0) is 24.6. The number of imidazole rings is 1. The highest BCUT2D eigenvalue weighted by atomic mass is 32.1. The molecule has 0 aliphatic rings. The number of aromatic nitrogens is 2. The standard InChI is InChI=1S/C28H36N4O2S/c1-4-6-16-31(17-7-5-2)18-8-15-29-27(33)22-11-14-26-25(19-22)32-20-24(30-28(32)35-26)21-9-12-23(34-3)13-10-21/h9-14,19-20H,4-8,15-18H2,1-3H3,(H,29,33). The van der Waals surface area contributed by atoms with Gasteiger partial charge in [0.05, 0.1) is 23.0 Å². The van der Waals surface area contributed by atoms with Crippen LogP contribution in [0.3, 0.4) is 0 Å². The number of benzene rings is 2. The van der Waals surface area contributed by atoms with Gasteiger partial charge in [0.1, 0.15) is 5.75 Å². The fraction of sp³-hybridized carbons (Fsp3) is 0.429. The van der Waals surface area contributed by atoms with Crippen molar-refractivity contribution in [2.24, 2.45) is 0 Å². The lowest BCUT2D eigenvalue weighted by Crippen LogP contribution is -2.31. The molecule has 2 aromatic heterocycles. The number of methoxy groups -OCH3 is 1.